The van der Waals surface area contributed by atoms with E-state index in [4.69, 9.17) is 9.47 Å². The van der Waals surface area contributed by atoms with Crippen LogP contribution in [0.1, 0.15) is 59.1 Å². The highest BCUT2D eigenvalue weighted by Gasteiger charge is 2.15. The van der Waals surface area contributed by atoms with Crippen LogP contribution < -0.4 is 20.1 Å². The molecule has 0 saturated carbocycles. The van der Waals surface area contributed by atoms with Crippen molar-refractivity contribution in [2.75, 3.05) is 23.0 Å². The Kier molecular flexibility index (Phi) is 12.0. The number of hydrogen-bond donors (Lipinski definition) is 2. The van der Waals surface area contributed by atoms with Crippen LogP contribution in [0.4, 0.5) is 0 Å². The van der Waals surface area contributed by atoms with E-state index in [1.807, 2.05) is 0 Å². The number of rotatable bonds is 13. The van der Waals surface area contributed by atoms with E-state index < -0.39 is 0 Å². The molecule has 2 saturated heterocycles. The summed E-state index contributed by atoms with van der Waals surface area (Å²) in [5.74, 6) is 6.95. The SMILES string of the molecule is Cc1c(OCc2ccc(CNC3CCSCC3)cc2)cccc1-c1cccc(OCc2ccc(CNC3CCSCC3)cc2)c1C. The lowest BCUT2D eigenvalue weighted by molar-refractivity contribution is 0.303. The third-order valence-electron chi connectivity index (χ3n) is 9.33. The molecule has 0 bridgehead atoms. The van der Waals surface area contributed by atoms with E-state index in [0.29, 0.717) is 25.3 Å². The zero-order valence-electron chi connectivity index (χ0n) is 27.4. The fourth-order valence-corrected chi connectivity index (χ4v) is 8.49. The summed E-state index contributed by atoms with van der Waals surface area (Å²) in [6, 6.07) is 31.7. The molecule has 0 amide bonds. The van der Waals surface area contributed by atoms with Crippen molar-refractivity contribution in [2.24, 2.45) is 0 Å². The molecule has 0 aromatic heterocycles. The van der Waals surface area contributed by atoms with E-state index in [-0.39, 0.29) is 0 Å². The van der Waals surface area contributed by atoms with Gasteiger partial charge >= 0.3 is 0 Å². The number of thioether (sulfide) groups is 2. The Labute approximate surface area is 284 Å². The van der Waals surface area contributed by atoms with Gasteiger partial charge in [0.05, 0.1) is 0 Å². The van der Waals surface area contributed by atoms with E-state index >= 15 is 0 Å². The van der Waals surface area contributed by atoms with Crippen molar-refractivity contribution in [2.45, 2.75) is 77.9 Å². The minimum atomic E-state index is 0.550. The monoisotopic (exact) mass is 652 g/mol. The van der Waals surface area contributed by atoms with Gasteiger partial charge in [-0.15, -0.1) is 0 Å². The molecule has 4 aromatic carbocycles. The van der Waals surface area contributed by atoms with Crippen LogP contribution in [-0.2, 0) is 26.3 Å². The molecule has 2 fully saturated rings. The Bertz CT molecular complexity index is 1410. The van der Waals surface area contributed by atoms with Gasteiger partial charge in [-0.25, -0.2) is 0 Å². The van der Waals surface area contributed by atoms with Gasteiger partial charge in [0.2, 0.25) is 0 Å². The Hall–Kier alpha value is -2.90. The lowest BCUT2D eigenvalue weighted by atomic mass is 9.95. The van der Waals surface area contributed by atoms with Crippen LogP contribution in [0.25, 0.3) is 11.1 Å². The molecule has 6 rings (SSSR count). The first-order valence-corrected chi connectivity index (χ1v) is 19.2. The highest BCUT2D eigenvalue weighted by atomic mass is 32.2. The second-order valence-electron chi connectivity index (χ2n) is 12.6. The van der Waals surface area contributed by atoms with Gasteiger partial charge in [0.1, 0.15) is 24.7 Å². The average Bonchev–Trinajstić information content (AvgIpc) is 3.11. The molecule has 46 heavy (non-hydrogen) atoms. The predicted octanol–water partition coefficient (Wildman–Crippen LogP) is 9.10. The van der Waals surface area contributed by atoms with Crippen molar-refractivity contribution in [1.29, 1.82) is 0 Å². The van der Waals surface area contributed by atoms with Crippen molar-refractivity contribution >= 4 is 23.5 Å². The Balaban J connectivity index is 1.03. The first kappa shape index (κ1) is 33.0. The van der Waals surface area contributed by atoms with Crippen LogP contribution in [0.15, 0.2) is 84.9 Å². The molecular weight excluding hydrogens is 605 g/mol. The highest BCUT2D eigenvalue weighted by Crippen LogP contribution is 2.36. The van der Waals surface area contributed by atoms with Gasteiger partial charge in [-0.2, -0.15) is 23.5 Å². The van der Waals surface area contributed by atoms with Gasteiger partial charge in [0, 0.05) is 25.2 Å². The molecule has 2 aliphatic rings. The molecule has 4 aromatic rings. The number of nitrogens with one attached hydrogen (secondary N) is 2. The Morgan fingerprint density at radius 2 is 0.891 bits per heavy atom. The summed E-state index contributed by atoms with van der Waals surface area (Å²) in [5, 5.41) is 7.46. The van der Waals surface area contributed by atoms with Gasteiger partial charge in [-0.05, 0) is 119 Å². The predicted molar refractivity (Wildman–Crippen MR) is 197 cm³/mol. The second-order valence-corrected chi connectivity index (χ2v) is 15.1. The lowest BCUT2D eigenvalue weighted by Gasteiger charge is -2.22. The van der Waals surface area contributed by atoms with Crippen LogP contribution in [0.5, 0.6) is 11.5 Å². The minimum Gasteiger partial charge on any atom is -0.489 e. The Morgan fingerprint density at radius 1 is 0.522 bits per heavy atom. The number of hydrogen-bond acceptors (Lipinski definition) is 6. The summed E-state index contributed by atoms with van der Waals surface area (Å²) < 4.78 is 12.7. The third-order valence-corrected chi connectivity index (χ3v) is 11.4. The highest BCUT2D eigenvalue weighted by molar-refractivity contribution is 7.99. The summed E-state index contributed by atoms with van der Waals surface area (Å²) in [4.78, 5) is 0. The van der Waals surface area contributed by atoms with Gasteiger partial charge in [-0.3, -0.25) is 0 Å². The smallest absolute Gasteiger partial charge is 0.123 e. The van der Waals surface area contributed by atoms with Gasteiger partial charge in [0.25, 0.3) is 0 Å². The van der Waals surface area contributed by atoms with Crippen molar-refractivity contribution in [3.05, 3.63) is 118 Å². The van der Waals surface area contributed by atoms with Gasteiger partial charge in [-0.1, -0.05) is 72.8 Å². The molecule has 2 N–H and O–H groups in total. The van der Waals surface area contributed by atoms with Gasteiger partial charge < -0.3 is 20.1 Å². The van der Waals surface area contributed by atoms with Crippen LogP contribution in [0.3, 0.4) is 0 Å². The van der Waals surface area contributed by atoms with E-state index in [1.54, 1.807) is 0 Å². The van der Waals surface area contributed by atoms with Crippen molar-refractivity contribution in [3.8, 4) is 22.6 Å². The van der Waals surface area contributed by atoms with E-state index in [0.717, 1.165) is 35.7 Å². The summed E-state index contributed by atoms with van der Waals surface area (Å²) in [6.45, 7) is 7.27. The van der Waals surface area contributed by atoms with Crippen molar-refractivity contribution in [3.63, 3.8) is 0 Å². The Morgan fingerprint density at radius 3 is 1.28 bits per heavy atom. The maximum absolute atomic E-state index is 6.36. The molecule has 242 valence electrons. The molecule has 0 atom stereocenters. The standard InChI is InChI=1S/C40H48N2O2S2/c1-29-37(5-3-7-39(29)43-27-33-13-9-31(10-14-33)25-41-35-17-21-45-22-18-35)38-6-4-8-40(30(38)2)44-28-34-15-11-32(12-16-34)26-42-36-19-23-46-24-20-36/h3-16,35-36,41-42H,17-28H2,1-2H3. The van der Waals surface area contributed by atoms with Crippen LogP contribution in [0, 0.1) is 13.8 Å². The van der Waals surface area contributed by atoms with Crippen LogP contribution in [0.2, 0.25) is 0 Å². The normalized spacial score (nSPS) is 16.0. The van der Waals surface area contributed by atoms with E-state index in [1.165, 1.54) is 82.1 Å². The summed E-state index contributed by atoms with van der Waals surface area (Å²) in [6.07, 6.45) is 5.10. The van der Waals surface area contributed by atoms with Crippen molar-refractivity contribution < 1.29 is 9.47 Å². The molecule has 0 unspecified atom stereocenters. The largest absolute Gasteiger partial charge is 0.489 e. The van der Waals surface area contributed by atoms with Crippen molar-refractivity contribution in [1.82, 2.24) is 10.6 Å². The maximum Gasteiger partial charge on any atom is 0.123 e. The molecule has 4 nitrogen and oxygen atoms in total. The molecule has 0 radical (unpaired) electrons. The van der Waals surface area contributed by atoms with Gasteiger partial charge in [0.15, 0.2) is 0 Å². The number of benzene rings is 4. The first-order valence-electron chi connectivity index (χ1n) is 16.9. The molecule has 2 heterocycles. The maximum atomic E-state index is 6.36. The number of ether oxygens (including phenoxy) is 2. The minimum absolute atomic E-state index is 0.550. The topological polar surface area (TPSA) is 42.5 Å². The lowest BCUT2D eigenvalue weighted by Crippen LogP contribution is -2.32. The quantitative estimate of drug-likeness (QED) is 0.150. The summed E-state index contributed by atoms with van der Waals surface area (Å²) in [7, 11) is 0. The van der Waals surface area contributed by atoms with Crippen LogP contribution >= 0.6 is 23.5 Å². The summed E-state index contributed by atoms with van der Waals surface area (Å²) >= 11 is 4.14. The fourth-order valence-electron chi connectivity index (χ4n) is 6.28. The zero-order valence-corrected chi connectivity index (χ0v) is 29.0. The molecule has 2 aliphatic heterocycles. The van der Waals surface area contributed by atoms with Crippen LogP contribution in [-0.4, -0.2) is 35.1 Å². The van der Waals surface area contributed by atoms with E-state index in [9.17, 15) is 0 Å². The second kappa shape index (κ2) is 16.8. The first-order chi connectivity index (χ1) is 22.6. The molecule has 0 spiro atoms. The molecule has 6 heteroatoms. The molecule has 0 aliphatic carbocycles. The average molecular weight is 653 g/mol. The fraction of sp³-hybridized carbons (Fsp3) is 0.400. The molecular formula is C40H48N2O2S2. The summed E-state index contributed by atoms with van der Waals surface area (Å²) in [5.41, 5.74) is 9.67. The third kappa shape index (κ3) is 9.13. The zero-order chi connectivity index (χ0) is 31.6. The van der Waals surface area contributed by atoms with E-state index in [2.05, 4.69) is 133 Å².